The maximum Gasteiger partial charge on any atom is 0.333 e. The standard InChI is InChI=1S/C11H15N5O3S/c1-7(2)20(18,19)9-5-8(12-3)6-14-10(9)15-16-11(17)13-4/h5-7H,1-2,4H3,(H,14,15)(H2,13,16,17). The van der Waals surface area contributed by atoms with E-state index in [1.165, 1.54) is 33.2 Å². The lowest BCUT2D eigenvalue weighted by molar-refractivity contribution is 0.244. The molecule has 0 aliphatic heterocycles. The summed E-state index contributed by atoms with van der Waals surface area (Å²) in [5.41, 5.74) is 4.76. The molecule has 1 heterocycles. The highest BCUT2D eigenvalue weighted by molar-refractivity contribution is 7.92. The summed E-state index contributed by atoms with van der Waals surface area (Å²) in [5.74, 6) is -0.0327. The Kier molecular flexibility index (Phi) is 4.88. The number of urea groups is 1. The molecule has 0 aliphatic carbocycles. The molecule has 0 aliphatic rings. The van der Waals surface area contributed by atoms with Crippen molar-refractivity contribution in [1.82, 2.24) is 15.7 Å². The zero-order chi connectivity index (χ0) is 15.3. The Balaban J connectivity index is 3.25. The summed E-state index contributed by atoms with van der Waals surface area (Å²) in [6, 6.07) is 0.678. The van der Waals surface area contributed by atoms with Gasteiger partial charge in [-0.05, 0) is 19.9 Å². The lowest BCUT2D eigenvalue weighted by Crippen LogP contribution is -2.37. The number of sulfone groups is 1. The van der Waals surface area contributed by atoms with Gasteiger partial charge in [-0.1, -0.05) is 0 Å². The minimum Gasteiger partial charge on any atom is -0.340 e. The van der Waals surface area contributed by atoms with Gasteiger partial charge in [0.2, 0.25) is 5.69 Å². The summed E-state index contributed by atoms with van der Waals surface area (Å²) in [6.07, 6.45) is 1.22. The van der Waals surface area contributed by atoms with Gasteiger partial charge in [0, 0.05) is 13.2 Å². The molecule has 8 nitrogen and oxygen atoms in total. The quantitative estimate of drug-likeness (QED) is 0.569. The Bertz CT molecular complexity index is 649. The Labute approximate surface area is 117 Å². The van der Waals surface area contributed by atoms with Gasteiger partial charge in [0.25, 0.3) is 0 Å². The van der Waals surface area contributed by atoms with Crippen LogP contribution < -0.4 is 16.2 Å². The number of carbonyl (C=O) groups excluding carboxylic acids is 1. The largest absolute Gasteiger partial charge is 0.340 e. The molecule has 1 aromatic rings. The third kappa shape index (κ3) is 3.36. The van der Waals surface area contributed by atoms with Gasteiger partial charge in [0.15, 0.2) is 15.7 Å². The van der Waals surface area contributed by atoms with Crippen molar-refractivity contribution < 1.29 is 13.2 Å². The number of carbonyl (C=O) groups is 1. The zero-order valence-corrected chi connectivity index (χ0v) is 12.1. The van der Waals surface area contributed by atoms with Crippen molar-refractivity contribution in [3.05, 3.63) is 23.7 Å². The molecule has 0 aromatic carbocycles. The first-order chi connectivity index (χ1) is 9.32. The molecule has 0 saturated carbocycles. The molecule has 0 spiro atoms. The van der Waals surface area contributed by atoms with Crippen molar-refractivity contribution in [2.75, 3.05) is 12.5 Å². The summed E-state index contributed by atoms with van der Waals surface area (Å²) in [4.78, 5) is 18.0. The van der Waals surface area contributed by atoms with Crippen LogP contribution >= 0.6 is 0 Å². The molecule has 0 radical (unpaired) electrons. The van der Waals surface area contributed by atoms with Crippen LogP contribution in [0, 0.1) is 6.57 Å². The molecule has 20 heavy (non-hydrogen) atoms. The third-order valence-electron chi connectivity index (χ3n) is 2.42. The minimum absolute atomic E-state index is 0.0327. The van der Waals surface area contributed by atoms with Crippen LogP contribution in [-0.2, 0) is 9.84 Å². The summed E-state index contributed by atoms with van der Waals surface area (Å²) < 4.78 is 24.4. The highest BCUT2D eigenvalue weighted by atomic mass is 32.2. The number of aromatic nitrogens is 1. The van der Waals surface area contributed by atoms with Crippen molar-refractivity contribution in [3.8, 4) is 0 Å². The number of pyridine rings is 1. The average Bonchev–Trinajstić information content (AvgIpc) is 2.44. The topological polar surface area (TPSA) is 105 Å². The van der Waals surface area contributed by atoms with Crippen molar-refractivity contribution in [3.63, 3.8) is 0 Å². The Morgan fingerprint density at radius 3 is 2.60 bits per heavy atom. The van der Waals surface area contributed by atoms with E-state index in [1.807, 2.05) is 0 Å². The second-order valence-corrected chi connectivity index (χ2v) is 6.55. The third-order valence-corrected chi connectivity index (χ3v) is 4.58. The van der Waals surface area contributed by atoms with E-state index in [4.69, 9.17) is 6.57 Å². The van der Waals surface area contributed by atoms with Gasteiger partial charge >= 0.3 is 6.03 Å². The number of nitrogens with one attached hydrogen (secondary N) is 3. The molecule has 0 unspecified atom stereocenters. The van der Waals surface area contributed by atoms with E-state index >= 15 is 0 Å². The molecule has 1 rings (SSSR count). The molecule has 3 N–H and O–H groups in total. The average molecular weight is 297 g/mol. The fourth-order valence-corrected chi connectivity index (χ4v) is 2.40. The van der Waals surface area contributed by atoms with Crippen molar-refractivity contribution in [2.24, 2.45) is 0 Å². The van der Waals surface area contributed by atoms with Gasteiger partial charge in [-0.25, -0.2) is 23.0 Å². The number of hydrazine groups is 1. The Morgan fingerprint density at radius 2 is 2.10 bits per heavy atom. The first kappa shape index (κ1) is 15.7. The number of anilines is 1. The van der Waals surface area contributed by atoms with Crippen LogP contribution in [0.3, 0.4) is 0 Å². The summed E-state index contributed by atoms with van der Waals surface area (Å²) in [5, 5.41) is 1.63. The van der Waals surface area contributed by atoms with Crippen LogP contribution in [0.15, 0.2) is 17.2 Å². The highest BCUT2D eigenvalue weighted by Crippen LogP contribution is 2.26. The maximum absolute atomic E-state index is 12.2. The van der Waals surface area contributed by atoms with Crippen LogP contribution in [0.2, 0.25) is 0 Å². The van der Waals surface area contributed by atoms with E-state index in [-0.39, 0.29) is 16.4 Å². The molecular formula is C11H15N5O3S. The molecule has 1 aromatic heterocycles. The van der Waals surface area contributed by atoms with Crippen LogP contribution in [0.4, 0.5) is 16.3 Å². The van der Waals surface area contributed by atoms with Crippen LogP contribution in [0.25, 0.3) is 4.85 Å². The van der Waals surface area contributed by atoms with Crippen molar-refractivity contribution in [2.45, 2.75) is 24.0 Å². The normalized spacial score (nSPS) is 10.8. The Hall–Kier alpha value is -2.34. The molecule has 0 atom stereocenters. The number of hydrogen-bond donors (Lipinski definition) is 3. The number of amides is 2. The molecule has 9 heteroatoms. The number of nitrogens with zero attached hydrogens (tertiary/aromatic N) is 2. The van der Waals surface area contributed by atoms with Gasteiger partial charge < -0.3 is 5.32 Å². The van der Waals surface area contributed by atoms with E-state index in [0.29, 0.717) is 0 Å². The monoisotopic (exact) mass is 297 g/mol. The molecule has 0 bridgehead atoms. The van der Waals surface area contributed by atoms with E-state index < -0.39 is 21.1 Å². The molecule has 0 fully saturated rings. The first-order valence-electron chi connectivity index (χ1n) is 5.68. The fraction of sp³-hybridized carbons (Fsp3) is 0.364. The van der Waals surface area contributed by atoms with E-state index in [0.717, 1.165) is 0 Å². The first-order valence-corrected chi connectivity index (χ1v) is 7.22. The van der Waals surface area contributed by atoms with Crippen LogP contribution in [0.5, 0.6) is 0 Å². The van der Waals surface area contributed by atoms with Gasteiger partial charge in [0.1, 0.15) is 4.90 Å². The van der Waals surface area contributed by atoms with Gasteiger partial charge in [0.05, 0.1) is 11.8 Å². The number of hydrogen-bond acceptors (Lipinski definition) is 5. The van der Waals surface area contributed by atoms with Crippen LogP contribution in [0.1, 0.15) is 13.8 Å². The lowest BCUT2D eigenvalue weighted by Gasteiger charge is -2.14. The molecule has 108 valence electrons. The van der Waals surface area contributed by atoms with Gasteiger partial charge in [-0.15, -0.1) is 0 Å². The van der Waals surface area contributed by atoms with Crippen molar-refractivity contribution >= 4 is 27.4 Å². The second-order valence-electron chi connectivity index (χ2n) is 4.07. The van der Waals surface area contributed by atoms with Crippen molar-refractivity contribution in [1.29, 1.82) is 0 Å². The van der Waals surface area contributed by atoms with Gasteiger partial charge in [-0.3, -0.25) is 10.9 Å². The SMILES string of the molecule is [C-]#[N+]c1cnc(NNC(=O)NC)c(S(=O)(=O)C(C)C)c1. The van der Waals surface area contributed by atoms with E-state index in [9.17, 15) is 13.2 Å². The highest BCUT2D eigenvalue weighted by Gasteiger charge is 2.24. The molecule has 0 saturated heterocycles. The van der Waals surface area contributed by atoms with Crippen LogP contribution in [-0.4, -0.2) is 31.7 Å². The molecular weight excluding hydrogens is 282 g/mol. The number of rotatable bonds is 4. The van der Waals surface area contributed by atoms with E-state index in [1.54, 1.807) is 0 Å². The summed E-state index contributed by atoms with van der Waals surface area (Å²) >= 11 is 0. The maximum atomic E-state index is 12.2. The zero-order valence-electron chi connectivity index (χ0n) is 11.3. The second kappa shape index (κ2) is 6.21. The summed E-state index contributed by atoms with van der Waals surface area (Å²) in [6.45, 7) is 9.96. The lowest BCUT2D eigenvalue weighted by atomic mass is 10.4. The predicted octanol–water partition coefficient (Wildman–Crippen LogP) is 1.07. The fourth-order valence-electron chi connectivity index (χ4n) is 1.24. The Morgan fingerprint density at radius 1 is 1.45 bits per heavy atom. The van der Waals surface area contributed by atoms with E-state index in [2.05, 4.69) is 26.0 Å². The summed E-state index contributed by atoms with van der Waals surface area (Å²) in [7, 11) is -2.22. The predicted molar refractivity (Wildman–Crippen MR) is 74.0 cm³/mol. The smallest absolute Gasteiger partial charge is 0.333 e. The molecule has 2 amide bonds. The minimum atomic E-state index is -3.63. The van der Waals surface area contributed by atoms with Gasteiger partial charge in [-0.2, -0.15) is 0 Å².